The minimum atomic E-state index is -0.730. The van der Waals surface area contributed by atoms with Gasteiger partial charge in [0, 0.05) is 36.3 Å². The molecule has 1 atom stereocenters. The van der Waals surface area contributed by atoms with Crippen molar-refractivity contribution in [2.75, 3.05) is 11.9 Å². The lowest BCUT2D eigenvalue weighted by Gasteiger charge is -2.08. The summed E-state index contributed by atoms with van der Waals surface area (Å²) in [6.45, 7) is 4.01. The van der Waals surface area contributed by atoms with Gasteiger partial charge in [0.05, 0.1) is 15.9 Å². The zero-order valence-electron chi connectivity index (χ0n) is 16.5. The van der Waals surface area contributed by atoms with Crippen LogP contribution in [0.4, 0.5) is 9.93 Å². The minimum absolute atomic E-state index is 0.293. The van der Waals surface area contributed by atoms with Gasteiger partial charge in [-0.1, -0.05) is 17.4 Å². The van der Waals surface area contributed by atoms with Gasteiger partial charge in [0.1, 0.15) is 6.10 Å². The van der Waals surface area contributed by atoms with Crippen LogP contribution in [-0.4, -0.2) is 37.6 Å². The summed E-state index contributed by atoms with van der Waals surface area (Å²) in [5.74, 6) is 0.367. The maximum absolute atomic E-state index is 11.9. The number of amides is 2. The van der Waals surface area contributed by atoms with E-state index >= 15 is 0 Å². The van der Waals surface area contributed by atoms with Crippen LogP contribution in [0, 0.1) is 0 Å². The number of aliphatic hydroxyl groups excluding tert-OH is 1. The van der Waals surface area contributed by atoms with Crippen molar-refractivity contribution in [1.29, 1.82) is 0 Å². The molecular formula is C21H20N6O2S. The highest BCUT2D eigenvalue weighted by Gasteiger charge is 2.15. The summed E-state index contributed by atoms with van der Waals surface area (Å²) < 4.78 is 0.922. The van der Waals surface area contributed by atoms with Gasteiger partial charge < -0.3 is 10.4 Å². The number of carbonyl (C=O) groups excluding carboxylic acids is 1. The number of nitrogens with zero attached hydrogens (tertiary/aromatic N) is 4. The number of benzene rings is 1. The van der Waals surface area contributed by atoms with Gasteiger partial charge in [0.2, 0.25) is 0 Å². The van der Waals surface area contributed by atoms with Crippen molar-refractivity contribution in [3.8, 4) is 22.4 Å². The van der Waals surface area contributed by atoms with Crippen LogP contribution in [0.25, 0.3) is 32.6 Å². The SMILES string of the molecule is CCNC(=O)Nc1nc2cc(-c3cnc([C@@H](C)O)nc3)cc(-c3ccccn3)c2s1. The fourth-order valence-electron chi connectivity index (χ4n) is 2.97. The van der Waals surface area contributed by atoms with Gasteiger partial charge in [-0.3, -0.25) is 10.3 Å². The third-order valence-corrected chi connectivity index (χ3v) is 5.39. The molecule has 9 heteroatoms. The van der Waals surface area contributed by atoms with Crippen molar-refractivity contribution in [2.45, 2.75) is 20.0 Å². The van der Waals surface area contributed by atoms with Crippen molar-refractivity contribution in [2.24, 2.45) is 0 Å². The molecule has 0 spiro atoms. The molecule has 0 aliphatic heterocycles. The van der Waals surface area contributed by atoms with E-state index < -0.39 is 6.10 Å². The predicted octanol–water partition coefficient (Wildman–Crippen LogP) is 4.01. The Bertz CT molecular complexity index is 1180. The molecule has 3 N–H and O–H groups in total. The first kappa shape index (κ1) is 19.9. The van der Waals surface area contributed by atoms with Gasteiger partial charge in [-0.25, -0.2) is 19.7 Å². The van der Waals surface area contributed by atoms with E-state index in [1.807, 2.05) is 37.3 Å². The van der Waals surface area contributed by atoms with E-state index in [4.69, 9.17) is 0 Å². The number of anilines is 1. The van der Waals surface area contributed by atoms with Crippen molar-refractivity contribution in [1.82, 2.24) is 25.3 Å². The van der Waals surface area contributed by atoms with Crippen LogP contribution in [-0.2, 0) is 0 Å². The molecule has 152 valence electrons. The van der Waals surface area contributed by atoms with Gasteiger partial charge in [0.15, 0.2) is 11.0 Å². The molecule has 0 unspecified atom stereocenters. The summed E-state index contributed by atoms with van der Waals surface area (Å²) in [6, 6.07) is 9.38. The number of urea groups is 1. The Kier molecular flexibility index (Phi) is 5.64. The predicted molar refractivity (Wildman–Crippen MR) is 117 cm³/mol. The maximum Gasteiger partial charge on any atom is 0.321 e. The second kappa shape index (κ2) is 8.52. The normalized spacial score (nSPS) is 12.0. The highest BCUT2D eigenvalue weighted by atomic mass is 32.1. The molecule has 0 radical (unpaired) electrons. The van der Waals surface area contributed by atoms with Crippen LogP contribution in [0.3, 0.4) is 0 Å². The molecule has 30 heavy (non-hydrogen) atoms. The highest BCUT2D eigenvalue weighted by Crippen LogP contribution is 2.38. The fourth-order valence-corrected chi connectivity index (χ4v) is 3.93. The molecule has 8 nitrogen and oxygen atoms in total. The van der Waals surface area contributed by atoms with Crippen LogP contribution in [0.2, 0.25) is 0 Å². The van der Waals surface area contributed by atoms with Crippen molar-refractivity contribution < 1.29 is 9.90 Å². The number of hydrogen-bond donors (Lipinski definition) is 3. The van der Waals surface area contributed by atoms with Crippen LogP contribution < -0.4 is 10.6 Å². The van der Waals surface area contributed by atoms with Gasteiger partial charge in [-0.05, 0) is 43.7 Å². The zero-order valence-corrected chi connectivity index (χ0v) is 17.3. The van der Waals surface area contributed by atoms with E-state index in [1.54, 1.807) is 25.5 Å². The summed E-state index contributed by atoms with van der Waals surface area (Å²) in [4.78, 5) is 29.5. The van der Waals surface area contributed by atoms with E-state index in [0.717, 1.165) is 32.6 Å². The number of nitrogens with one attached hydrogen (secondary N) is 2. The van der Waals surface area contributed by atoms with Gasteiger partial charge >= 0.3 is 6.03 Å². The lowest BCUT2D eigenvalue weighted by Crippen LogP contribution is -2.28. The molecule has 0 saturated carbocycles. The van der Waals surface area contributed by atoms with Crippen molar-refractivity contribution in [3.05, 3.63) is 54.7 Å². The standard InChI is InChI=1S/C21H20N6O2S/c1-3-22-20(29)27-21-26-17-9-13(14-10-24-19(12(2)28)25-11-14)8-15(18(17)30-21)16-6-4-5-7-23-16/h4-12,28H,3H2,1-2H3,(H2,22,26,27,29)/t12-/m1/s1. The molecule has 4 rings (SSSR count). The Labute approximate surface area is 177 Å². The highest BCUT2D eigenvalue weighted by molar-refractivity contribution is 7.22. The Morgan fingerprint density at radius 2 is 1.97 bits per heavy atom. The number of fused-ring (bicyclic) bond motifs is 1. The van der Waals surface area contributed by atoms with E-state index in [-0.39, 0.29) is 6.03 Å². The number of pyridine rings is 1. The smallest absolute Gasteiger partial charge is 0.321 e. The molecule has 2 amide bonds. The second-order valence-electron chi connectivity index (χ2n) is 6.60. The summed E-state index contributed by atoms with van der Waals surface area (Å²) in [5, 5.41) is 15.6. The molecule has 4 aromatic rings. The van der Waals surface area contributed by atoms with Crippen LogP contribution in [0.15, 0.2) is 48.9 Å². The van der Waals surface area contributed by atoms with Gasteiger partial charge in [-0.15, -0.1) is 0 Å². The number of aliphatic hydroxyl groups is 1. The molecular weight excluding hydrogens is 400 g/mol. The largest absolute Gasteiger partial charge is 0.385 e. The first-order chi connectivity index (χ1) is 14.5. The zero-order chi connectivity index (χ0) is 21.1. The van der Waals surface area contributed by atoms with Gasteiger partial charge in [0.25, 0.3) is 0 Å². The second-order valence-corrected chi connectivity index (χ2v) is 7.60. The van der Waals surface area contributed by atoms with Crippen LogP contribution in [0.1, 0.15) is 25.8 Å². The van der Waals surface area contributed by atoms with Gasteiger partial charge in [-0.2, -0.15) is 0 Å². The van der Waals surface area contributed by atoms with E-state index in [0.29, 0.717) is 17.5 Å². The number of thiazole rings is 1. The molecule has 3 aromatic heterocycles. The Hall–Kier alpha value is -3.43. The first-order valence-electron chi connectivity index (χ1n) is 9.46. The molecule has 1 aromatic carbocycles. The number of carbonyl (C=O) groups is 1. The average molecular weight is 420 g/mol. The lowest BCUT2D eigenvalue weighted by atomic mass is 10.0. The third kappa shape index (κ3) is 4.12. The molecule has 0 aliphatic carbocycles. The Balaban J connectivity index is 1.82. The minimum Gasteiger partial charge on any atom is -0.385 e. The summed E-state index contributed by atoms with van der Waals surface area (Å²) in [7, 11) is 0. The number of hydrogen-bond acceptors (Lipinski definition) is 7. The van der Waals surface area contributed by atoms with Crippen molar-refractivity contribution in [3.63, 3.8) is 0 Å². The van der Waals surface area contributed by atoms with E-state index in [9.17, 15) is 9.90 Å². The first-order valence-corrected chi connectivity index (χ1v) is 10.3. The molecule has 3 heterocycles. The van der Waals surface area contributed by atoms with Crippen LogP contribution in [0.5, 0.6) is 0 Å². The topological polar surface area (TPSA) is 113 Å². The average Bonchev–Trinajstić information content (AvgIpc) is 3.16. The monoisotopic (exact) mass is 420 g/mol. The molecule has 0 aliphatic rings. The fraction of sp³-hybridized carbons (Fsp3) is 0.190. The number of aromatic nitrogens is 4. The van der Waals surface area contributed by atoms with Crippen molar-refractivity contribution >= 4 is 32.7 Å². The third-order valence-electron chi connectivity index (χ3n) is 4.37. The molecule has 0 bridgehead atoms. The quantitative estimate of drug-likeness (QED) is 0.450. The van der Waals surface area contributed by atoms with Crippen LogP contribution >= 0.6 is 11.3 Å². The summed E-state index contributed by atoms with van der Waals surface area (Å²) >= 11 is 1.40. The maximum atomic E-state index is 11.9. The Morgan fingerprint density at radius 1 is 1.17 bits per heavy atom. The van der Waals surface area contributed by atoms with E-state index in [1.165, 1.54) is 11.3 Å². The number of rotatable bonds is 5. The Morgan fingerprint density at radius 3 is 2.63 bits per heavy atom. The van der Waals surface area contributed by atoms with E-state index in [2.05, 4.69) is 30.6 Å². The summed E-state index contributed by atoms with van der Waals surface area (Å²) in [6.07, 6.45) is 4.37. The lowest BCUT2D eigenvalue weighted by molar-refractivity contribution is 0.189. The molecule has 0 saturated heterocycles. The molecule has 0 fully saturated rings. The summed E-state index contributed by atoms with van der Waals surface area (Å²) in [5.41, 5.74) is 4.12.